The maximum Gasteiger partial charge on any atom is 0.317 e. The van der Waals surface area contributed by atoms with Crippen molar-refractivity contribution in [3.8, 4) is 0 Å². The largest absolute Gasteiger partial charge is 0.338 e. The molecular weight excluding hydrogens is 238 g/mol. The van der Waals surface area contributed by atoms with Crippen LogP contribution in [0.1, 0.15) is 32.1 Å². The molecule has 0 radical (unpaired) electrons. The van der Waals surface area contributed by atoms with Gasteiger partial charge in [0, 0.05) is 25.7 Å². The third kappa shape index (κ3) is 4.23. The number of hydrogen-bond donors (Lipinski definition) is 1. The maximum atomic E-state index is 12.2. The van der Waals surface area contributed by atoms with E-state index in [1.54, 1.807) is 0 Å². The van der Waals surface area contributed by atoms with E-state index in [1.165, 1.54) is 12.8 Å². The quantitative estimate of drug-likeness (QED) is 0.793. The van der Waals surface area contributed by atoms with Crippen LogP contribution in [0.2, 0.25) is 0 Å². The first-order valence-corrected chi connectivity index (χ1v) is 7.51. The summed E-state index contributed by atoms with van der Waals surface area (Å²) < 4.78 is 0. The highest BCUT2D eigenvalue weighted by Crippen LogP contribution is 2.17. The Morgan fingerprint density at radius 1 is 1.37 bits per heavy atom. The van der Waals surface area contributed by atoms with E-state index in [9.17, 15) is 4.79 Å². The van der Waals surface area contributed by atoms with Gasteiger partial charge in [-0.15, -0.1) is 0 Å². The summed E-state index contributed by atoms with van der Waals surface area (Å²) >= 11 is 0. The number of rotatable bonds is 3. The van der Waals surface area contributed by atoms with Crippen LogP contribution in [0.15, 0.2) is 12.2 Å². The highest BCUT2D eigenvalue weighted by atomic mass is 16.2. The number of carbonyl (C=O) groups is 1. The smallest absolute Gasteiger partial charge is 0.317 e. The van der Waals surface area contributed by atoms with Crippen LogP contribution in [-0.4, -0.2) is 55.6 Å². The summed E-state index contributed by atoms with van der Waals surface area (Å²) in [6, 6.07) is 0.637. The second-order valence-electron chi connectivity index (χ2n) is 6.04. The Bertz CT molecular complexity index is 327. The molecule has 0 aromatic heterocycles. The number of urea groups is 1. The molecule has 0 saturated carbocycles. The molecule has 108 valence electrons. The lowest BCUT2D eigenvalue weighted by Gasteiger charge is -2.36. The molecule has 19 heavy (non-hydrogen) atoms. The summed E-state index contributed by atoms with van der Waals surface area (Å²) in [5, 5.41) is 3.12. The Balaban J connectivity index is 1.74. The Labute approximate surface area is 116 Å². The van der Waals surface area contributed by atoms with Crippen LogP contribution in [0.4, 0.5) is 4.79 Å². The van der Waals surface area contributed by atoms with E-state index in [-0.39, 0.29) is 6.03 Å². The average Bonchev–Trinajstić information content (AvgIpc) is 2.46. The van der Waals surface area contributed by atoms with Crippen molar-refractivity contribution in [2.75, 3.05) is 33.7 Å². The molecule has 1 saturated heterocycles. The van der Waals surface area contributed by atoms with Crippen molar-refractivity contribution in [3.05, 3.63) is 12.2 Å². The number of likely N-dealkylation sites (N-methyl/N-ethyl adjacent to an activating group) is 1. The number of likely N-dealkylation sites (tertiary alicyclic amines) is 1. The first-order valence-electron chi connectivity index (χ1n) is 7.51. The van der Waals surface area contributed by atoms with E-state index in [0.29, 0.717) is 12.0 Å². The van der Waals surface area contributed by atoms with Crippen molar-refractivity contribution >= 4 is 6.03 Å². The lowest BCUT2D eigenvalue weighted by molar-refractivity contribution is 0.139. The number of nitrogens with one attached hydrogen (secondary N) is 1. The minimum Gasteiger partial charge on any atom is -0.338 e. The van der Waals surface area contributed by atoms with Crippen LogP contribution in [-0.2, 0) is 0 Å². The molecule has 0 bridgehead atoms. The Morgan fingerprint density at radius 2 is 2.21 bits per heavy atom. The van der Waals surface area contributed by atoms with Gasteiger partial charge in [-0.05, 0) is 52.1 Å². The monoisotopic (exact) mass is 265 g/mol. The van der Waals surface area contributed by atoms with E-state index in [4.69, 9.17) is 0 Å². The molecule has 1 N–H and O–H groups in total. The van der Waals surface area contributed by atoms with E-state index >= 15 is 0 Å². The van der Waals surface area contributed by atoms with Crippen molar-refractivity contribution in [2.45, 2.75) is 38.1 Å². The van der Waals surface area contributed by atoms with E-state index in [2.05, 4.69) is 36.5 Å². The zero-order valence-corrected chi connectivity index (χ0v) is 12.3. The van der Waals surface area contributed by atoms with Gasteiger partial charge in [0.25, 0.3) is 0 Å². The second kappa shape index (κ2) is 6.94. The van der Waals surface area contributed by atoms with Crippen LogP contribution < -0.4 is 5.32 Å². The number of hydrogen-bond acceptors (Lipinski definition) is 2. The van der Waals surface area contributed by atoms with Crippen LogP contribution in [0.25, 0.3) is 0 Å². The number of allylic oxidation sites excluding steroid dienone is 2. The topological polar surface area (TPSA) is 35.6 Å². The molecule has 1 heterocycles. The maximum absolute atomic E-state index is 12.2. The normalized spacial score (nSPS) is 27.6. The third-order valence-corrected chi connectivity index (χ3v) is 4.33. The highest BCUT2D eigenvalue weighted by molar-refractivity contribution is 5.74. The van der Waals surface area contributed by atoms with Crippen LogP contribution in [0, 0.1) is 5.92 Å². The third-order valence-electron chi connectivity index (χ3n) is 4.33. The van der Waals surface area contributed by atoms with Crippen molar-refractivity contribution in [3.63, 3.8) is 0 Å². The van der Waals surface area contributed by atoms with Crippen molar-refractivity contribution in [1.29, 1.82) is 0 Å². The molecule has 0 spiro atoms. The Hall–Kier alpha value is -1.03. The van der Waals surface area contributed by atoms with Gasteiger partial charge >= 0.3 is 6.03 Å². The molecule has 4 heteroatoms. The summed E-state index contributed by atoms with van der Waals surface area (Å²) in [4.78, 5) is 16.4. The molecule has 2 rings (SSSR count). The fraction of sp³-hybridized carbons (Fsp3) is 0.800. The van der Waals surface area contributed by atoms with Crippen molar-refractivity contribution < 1.29 is 4.79 Å². The van der Waals surface area contributed by atoms with E-state index < -0.39 is 0 Å². The van der Waals surface area contributed by atoms with E-state index in [0.717, 1.165) is 38.9 Å². The molecule has 2 atom stereocenters. The van der Waals surface area contributed by atoms with Crippen molar-refractivity contribution in [2.24, 2.45) is 5.92 Å². The minimum absolute atomic E-state index is 0.126. The molecular formula is C15H27N3O. The average molecular weight is 265 g/mol. The molecule has 1 aliphatic heterocycles. The first kappa shape index (κ1) is 14.4. The zero-order chi connectivity index (χ0) is 13.7. The van der Waals surface area contributed by atoms with Crippen LogP contribution in [0.3, 0.4) is 0 Å². The van der Waals surface area contributed by atoms with Crippen molar-refractivity contribution in [1.82, 2.24) is 15.1 Å². The van der Waals surface area contributed by atoms with Gasteiger partial charge < -0.3 is 15.1 Å². The lowest BCUT2D eigenvalue weighted by Crippen LogP contribution is -2.51. The summed E-state index contributed by atoms with van der Waals surface area (Å²) in [6.07, 6.45) is 10.3. The fourth-order valence-electron chi connectivity index (χ4n) is 2.95. The summed E-state index contributed by atoms with van der Waals surface area (Å²) in [7, 11) is 4.20. The first-order chi connectivity index (χ1) is 9.16. The van der Waals surface area contributed by atoms with Gasteiger partial charge in [-0.3, -0.25) is 0 Å². The predicted octanol–water partition coefficient (Wildman–Crippen LogP) is 2.08. The molecule has 4 nitrogen and oxygen atoms in total. The standard InChI is InChI=1S/C15H27N3O/c1-17(2)14-9-6-10-18(12-14)15(19)16-11-13-7-4-3-5-8-13/h3-4,13-14H,5-12H2,1-2H3,(H,16,19)/t13-,14-/m0/s1. The van der Waals surface area contributed by atoms with Gasteiger partial charge in [0.15, 0.2) is 0 Å². The molecule has 0 aromatic rings. The summed E-state index contributed by atoms with van der Waals surface area (Å²) in [5.74, 6) is 0.628. The zero-order valence-electron chi connectivity index (χ0n) is 12.3. The molecule has 2 amide bonds. The Kier molecular flexibility index (Phi) is 5.25. The van der Waals surface area contributed by atoms with Crippen LogP contribution in [0.5, 0.6) is 0 Å². The second-order valence-corrected chi connectivity index (χ2v) is 6.04. The molecule has 0 unspecified atom stereocenters. The predicted molar refractivity (Wildman–Crippen MR) is 78.2 cm³/mol. The molecule has 1 fully saturated rings. The van der Waals surface area contributed by atoms with Gasteiger partial charge in [0.05, 0.1) is 0 Å². The Morgan fingerprint density at radius 3 is 2.89 bits per heavy atom. The van der Waals surface area contributed by atoms with Gasteiger partial charge in [-0.2, -0.15) is 0 Å². The highest BCUT2D eigenvalue weighted by Gasteiger charge is 2.25. The van der Waals surface area contributed by atoms with Gasteiger partial charge in [0.1, 0.15) is 0 Å². The number of carbonyl (C=O) groups excluding carboxylic acids is 1. The van der Waals surface area contributed by atoms with Crippen LogP contribution >= 0.6 is 0 Å². The molecule has 1 aliphatic carbocycles. The SMILES string of the molecule is CN(C)[C@H]1CCCN(C(=O)NC[C@H]2CC=CCC2)C1. The summed E-state index contributed by atoms with van der Waals surface area (Å²) in [5.41, 5.74) is 0. The van der Waals surface area contributed by atoms with E-state index in [1.807, 2.05) is 4.90 Å². The van der Waals surface area contributed by atoms with Gasteiger partial charge in [-0.25, -0.2) is 4.79 Å². The molecule has 2 aliphatic rings. The minimum atomic E-state index is 0.126. The lowest BCUT2D eigenvalue weighted by atomic mass is 9.94. The number of nitrogens with zero attached hydrogens (tertiary/aromatic N) is 2. The summed E-state index contributed by atoms with van der Waals surface area (Å²) in [6.45, 7) is 2.59. The molecule has 0 aromatic carbocycles. The van der Waals surface area contributed by atoms with Gasteiger partial charge in [-0.1, -0.05) is 12.2 Å². The number of piperidine rings is 1. The fourth-order valence-corrected chi connectivity index (χ4v) is 2.95. The number of amides is 2. The van der Waals surface area contributed by atoms with Gasteiger partial charge in [0.2, 0.25) is 0 Å².